The molecule has 0 spiro atoms. The largest absolute Gasteiger partial charge is 0.368 e. The number of hydrogen-bond acceptors (Lipinski definition) is 10. The molecule has 4 N–H and O–H groups in total. The Balaban J connectivity index is 1.53. The van der Waals surface area contributed by atoms with Gasteiger partial charge in [-0.25, -0.2) is 18.7 Å². The lowest BCUT2D eigenvalue weighted by atomic mass is 10.0. The molecule has 0 unspecified atom stereocenters. The lowest BCUT2D eigenvalue weighted by molar-refractivity contribution is -0.131. The average Bonchev–Trinajstić information content (AvgIpc) is 2.82. The Morgan fingerprint density at radius 1 is 0.944 bits per heavy atom. The van der Waals surface area contributed by atoms with E-state index in [1.165, 1.54) is 0 Å². The molecule has 36 heavy (non-hydrogen) atoms. The number of aromatic nitrogens is 5. The third-order valence-electron chi connectivity index (χ3n) is 5.82. The number of carbonyl (C=O) groups is 2. The second kappa shape index (κ2) is 12.5. The number of nitrogen functional groups attached to an aromatic ring is 2. The van der Waals surface area contributed by atoms with Crippen LogP contribution in [0.1, 0.15) is 64.5 Å². The number of carbonyl (C=O) groups excluding carboxylic acids is 2. The summed E-state index contributed by atoms with van der Waals surface area (Å²) in [7, 11) is 0. The summed E-state index contributed by atoms with van der Waals surface area (Å²) in [4.78, 5) is 47.8. The molecule has 0 radical (unpaired) electrons. The summed E-state index contributed by atoms with van der Waals surface area (Å²) in [6.07, 6.45) is 2.26. The molecule has 0 atom stereocenters. The van der Waals surface area contributed by atoms with E-state index in [2.05, 4.69) is 24.9 Å². The maximum Gasteiger partial charge on any atom is 0.281 e. The number of amides is 1. The standard InChI is InChI=1S/C23H33F2N9O2/c1-14(2)12-15(35)6-4-3-5-7-17(36)33-8-10-34(11-9-33)23-31-20(30-22(27)32-23)16-13-28-21(26)29-18(16)19(24)25/h13-14,19H,3-12H2,1-2H3,(H2,26,28,29)(H2,27,30,31,32). The van der Waals surface area contributed by atoms with E-state index in [4.69, 9.17) is 11.5 Å². The topological polar surface area (TPSA) is 157 Å². The highest BCUT2D eigenvalue weighted by molar-refractivity contribution is 5.78. The van der Waals surface area contributed by atoms with Crippen molar-refractivity contribution in [3.63, 3.8) is 0 Å². The molecular weight excluding hydrogens is 472 g/mol. The maximum absolute atomic E-state index is 13.5. The van der Waals surface area contributed by atoms with E-state index in [1.54, 1.807) is 4.90 Å². The lowest BCUT2D eigenvalue weighted by Crippen LogP contribution is -2.49. The van der Waals surface area contributed by atoms with Crippen LogP contribution in [0, 0.1) is 5.92 Å². The van der Waals surface area contributed by atoms with E-state index >= 15 is 0 Å². The monoisotopic (exact) mass is 505 g/mol. The number of hydrogen-bond donors (Lipinski definition) is 2. The Kier molecular flexibility index (Phi) is 9.37. The van der Waals surface area contributed by atoms with Gasteiger partial charge in [-0.15, -0.1) is 0 Å². The fraction of sp³-hybridized carbons (Fsp3) is 0.609. The SMILES string of the molecule is CC(C)CC(=O)CCCCCC(=O)N1CCN(c2nc(N)nc(-c3cnc(N)nc3C(F)F)n2)CC1. The number of anilines is 3. The van der Waals surface area contributed by atoms with E-state index in [-0.39, 0.29) is 40.9 Å². The molecule has 1 saturated heterocycles. The van der Waals surface area contributed by atoms with Crippen LogP contribution in [0.3, 0.4) is 0 Å². The number of alkyl halides is 2. The molecule has 2 aromatic rings. The Labute approximate surface area is 208 Å². The second-order valence-electron chi connectivity index (χ2n) is 9.21. The van der Waals surface area contributed by atoms with Crippen LogP contribution >= 0.6 is 0 Å². The van der Waals surface area contributed by atoms with Crippen LogP contribution in [0.5, 0.6) is 0 Å². The van der Waals surface area contributed by atoms with Crippen molar-refractivity contribution in [1.29, 1.82) is 0 Å². The van der Waals surface area contributed by atoms with Gasteiger partial charge in [0, 0.05) is 51.6 Å². The fourth-order valence-corrected chi connectivity index (χ4v) is 4.04. The van der Waals surface area contributed by atoms with E-state index in [9.17, 15) is 18.4 Å². The maximum atomic E-state index is 13.5. The van der Waals surface area contributed by atoms with Crippen molar-refractivity contribution >= 4 is 29.5 Å². The molecule has 0 aliphatic carbocycles. The van der Waals surface area contributed by atoms with Crippen LogP contribution < -0.4 is 16.4 Å². The number of ketones is 1. The minimum atomic E-state index is -2.90. The summed E-state index contributed by atoms with van der Waals surface area (Å²) in [5.41, 5.74) is 10.6. The Morgan fingerprint density at radius 3 is 2.31 bits per heavy atom. The van der Waals surface area contributed by atoms with Gasteiger partial charge in [-0.05, 0) is 18.8 Å². The van der Waals surface area contributed by atoms with Crippen molar-refractivity contribution in [2.24, 2.45) is 5.92 Å². The second-order valence-corrected chi connectivity index (χ2v) is 9.21. The first-order valence-corrected chi connectivity index (χ1v) is 12.1. The van der Waals surface area contributed by atoms with Crippen LogP contribution in [0.2, 0.25) is 0 Å². The Bertz CT molecular complexity index is 1060. The zero-order chi connectivity index (χ0) is 26.2. The van der Waals surface area contributed by atoms with Crippen molar-refractivity contribution in [3.8, 4) is 11.4 Å². The summed E-state index contributed by atoms with van der Waals surface area (Å²) < 4.78 is 26.9. The van der Waals surface area contributed by atoms with Gasteiger partial charge >= 0.3 is 0 Å². The molecule has 3 rings (SSSR count). The molecule has 1 aliphatic rings. The van der Waals surface area contributed by atoms with Crippen LogP contribution in [-0.2, 0) is 9.59 Å². The highest BCUT2D eigenvalue weighted by Crippen LogP contribution is 2.28. The van der Waals surface area contributed by atoms with Gasteiger partial charge in [0.15, 0.2) is 5.82 Å². The molecule has 196 valence electrons. The molecule has 0 saturated carbocycles. The van der Waals surface area contributed by atoms with Gasteiger partial charge in [0.2, 0.25) is 23.8 Å². The molecule has 2 aromatic heterocycles. The van der Waals surface area contributed by atoms with Gasteiger partial charge in [0.25, 0.3) is 6.43 Å². The number of unbranched alkanes of at least 4 members (excludes halogenated alkanes) is 2. The van der Waals surface area contributed by atoms with Gasteiger partial charge in [0.05, 0.1) is 5.56 Å². The molecular formula is C23H33F2N9O2. The normalized spacial score (nSPS) is 14.1. The number of nitrogens with two attached hydrogens (primary N) is 2. The van der Waals surface area contributed by atoms with Gasteiger partial charge in [-0.2, -0.15) is 15.0 Å². The lowest BCUT2D eigenvalue weighted by Gasteiger charge is -2.35. The van der Waals surface area contributed by atoms with Crippen LogP contribution in [0.4, 0.5) is 26.6 Å². The van der Waals surface area contributed by atoms with Crippen molar-refractivity contribution in [1.82, 2.24) is 29.8 Å². The van der Waals surface area contributed by atoms with Crippen molar-refractivity contribution < 1.29 is 18.4 Å². The first kappa shape index (κ1) is 27.1. The summed E-state index contributed by atoms with van der Waals surface area (Å²) in [5.74, 6) is 0.476. The quantitative estimate of drug-likeness (QED) is 0.435. The minimum Gasteiger partial charge on any atom is -0.368 e. The van der Waals surface area contributed by atoms with Crippen molar-refractivity contribution in [3.05, 3.63) is 11.9 Å². The van der Waals surface area contributed by atoms with Gasteiger partial charge in [-0.3, -0.25) is 9.59 Å². The zero-order valence-corrected chi connectivity index (χ0v) is 20.7. The number of piperazine rings is 1. The third kappa shape index (κ3) is 7.49. The zero-order valence-electron chi connectivity index (χ0n) is 20.7. The smallest absolute Gasteiger partial charge is 0.281 e. The summed E-state index contributed by atoms with van der Waals surface area (Å²) >= 11 is 0. The van der Waals surface area contributed by atoms with Gasteiger partial charge in [0.1, 0.15) is 11.5 Å². The summed E-state index contributed by atoms with van der Waals surface area (Å²) in [5, 5.41) is 0. The highest BCUT2D eigenvalue weighted by Gasteiger charge is 2.25. The Morgan fingerprint density at radius 2 is 1.64 bits per heavy atom. The summed E-state index contributed by atoms with van der Waals surface area (Å²) in [6.45, 7) is 5.92. The van der Waals surface area contributed by atoms with Crippen LogP contribution in [-0.4, -0.2) is 67.7 Å². The highest BCUT2D eigenvalue weighted by atomic mass is 19.3. The summed E-state index contributed by atoms with van der Waals surface area (Å²) in [6, 6.07) is 0. The van der Waals surface area contributed by atoms with Crippen LogP contribution in [0.15, 0.2) is 6.20 Å². The van der Waals surface area contributed by atoms with Crippen LogP contribution in [0.25, 0.3) is 11.4 Å². The van der Waals surface area contributed by atoms with E-state index < -0.39 is 12.1 Å². The van der Waals surface area contributed by atoms with E-state index in [0.717, 1.165) is 25.5 Å². The van der Waals surface area contributed by atoms with Crippen molar-refractivity contribution in [2.45, 2.75) is 58.8 Å². The minimum absolute atomic E-state index is 0.0691. The molecule has 0 bridgehead atoms. The predicted octanol–water partition coefficient (Wildman–Crippen LogP) is 2.64. The first-order valence-electron chi connectivity index (χ1n) is 12.1. The molecule has 1 amide bonds. The van der Waals surface area contributed by atoms with E-state index in [0.29, 0.717) is 51.4 Å². The molecule has 3 heterocycles. The third-order valence-corrected chi connectivity index (χ3v) is 5.82. The predicted molar refractivity (Wildman–Crippen MR) is 131 cm³/mol. The number of nitrogens with zero attached hydrogens (tertiary/aromatic N) is 7. The molecule has 11 nitrogen and oxygen atoms in total. The molecule has 0 aromatic carbocycles. The number of Topliss-reactive ketones (excluding diaryl/α,β-unsaturated/α-hetero) is 1. The number of rotatable bonds is 11. The molecule has 13 heteroatoms. The van der Waals surface area contributed by atoms with E-state index in [1.807, 2.05) is 18.7 Å². The molecule has 1 aliphatic heterocycles. The van der Waals surface area contributed by atoms with Gasteiger partial charge < -0.3 is 21.3 Å². The number of halogens is 2. The van der Waals surface area contributed by atoms with Crippen molar-refractivity contribution in [2.75, 3.05) is 42.5 Å². The Hall–Kier alpha value is -3.51. The van der Waals surface area contributed by atoms with Gasteiger partial charge in [-0.1, -0.05) is 20.3 Å². The first-order chi connectivity index (χ1) is 17.1. The average molecular weight is 506 g/mol. The molecule has 1 fully saturated rings. The fourth-order valence-electron chi connectivity index (χ4n) is 4.04.